The molecular formula is C13H15N3O2S. The lowest BCUT2D eigenvalue weighted by Crippen LogP contribution is -2.30. The highest BCUT2D eigenvalue weighted by atomic mass is 32.2. The van der Waals surface area contributed by atoms with Crippen LogP contribution in [0.4, 0.5) is 0 Å². The van der Waals surface area contributed by atoms with Crippen LogP contribution >= 0.6 is 0 Å². The molecule has 1 fully saturated rings. The molecule has 3 rings (SSSR count). The average molecular weight is 277 g/mol. The number of nitrogens with one attached hydrogen (secondary N) is 1. The number of hydrogen-bond donors (Lipinski definition) is 1. The summed E-state index contributed by atoms with van der Waals surface area (Å²) in [5.41, 5.74) is 1.04. The van der Waals surface area contributed by atoms with Gasteiger partial charge in [-0.25, -0.2) is 13.4 Å². The van der Waals surface area contributed by atoms with Crippen molar-refractivity contribution in [2.24, 2.45) is 0 Å². The highest BCUT2D eigenvalue weighted by Gasteiger charge is 2.36. The molecule has 1 aliphatic heterocycles. The summed E-state index contributed by atoms with van der Waals surface area (Å²) in [6.07, 6.45) is 4.49. The number of H-pyrrole nitrogens is 1. The fraction of sp³-hybridized carbons (Fsp3) is 0.308. The van der Waals surface area contributed by atoms with Gasteiger partial charge >= 0.3 is 0 Å². The van der Waals surface area contributed by atoms with E-state index in [9.17, 15) is 8.42 Å². The topological polar surface area (TPSA) is 66.1 Å². The van der Waals surface area contributed by atoms with Gasteiger partial charge in [-0.2, -0.15) is 4.31 Å². The summed E-state index contributed by atoms with van der Waals surface area (Å²) >= 11 is 0. The van der Waals surface area contributed by atoms with Gasteiger partial charge in [0.1, 0.15) is 0 Å². The van der Waals surface area contributed by atoms with Gasteiger partial charge in [-0.1, -0.05) is 30.3 Å². The second-order valence-electron chi connectivity index (χ2n) is 4.60. The van der Waals surface area contributed by atoms with Crippen molar-refractivity contribution in [1.82, 2.24) is 14.3 Å². The standard InChI is InChI=1S/C13H15N3O2S/c17-19(18,13-9-14-10-15-13)16-8-4-7-12(16)11-5-2-1-3-6-11/h1-3,5-6,9-10,12H,4,7-8H2,(H,14,15). The van der Waals surface area contributed by atoms with E-state index in [4.69, 9.17) is 0 Å². The van der Waals surface area contributed by atoms with Crippen molar-refractivity contribution in [3.8, 4) is 0 Å². The first-order chi connectivity index (χ1) is 9.19. The predicted octanol–water partition coefficient (Wildman–Crippen LogP) is 1.94. The van der Waals surface area contributed by atoms with E-state index < -0.39 is 10.0 Å². The summed E-state index contributed by atoms with van der Waals surface area (Å²) in [6, 6.07) is 9.70. The number of imidazole rings is 1. The van der Waals surface area contributed by atoms with Crippen molar-refractivity contribution in [3.63, 3.8) is 0 Å². The summed E-state index contributed by atoms with van der Waals surface area (Å²) in [5.74, 6) is 0. The maximum atomic E-state index is 12.5. The summed E-state index contributed by atoms with van der Waals surface area (Å²) in [7, 11) is -3.48. The zero-order chi connectivity index (χ0) is 13.3. The van der Waals surface area contributed by atoms with Crippen LogP contribution in [0.5, 0.6) is 0 Å². The zero-order valence-corrected chi connectivity index (χ0v) is 11.2. The maximum absolute atomic E-state index is 12.5. The molecule has 1 aromatic heterocycles. The quantitative estimate of drug-likeness (QED) is 0.932. The molecule has 1 aromatic carbocycles. The molecule has 0 spiro atoms. The highest BCUT2D eigenvalue weighted by molar-refractivity contribution is 7.89. The molecule has 1 saturated heterocycles. The molecule has 1 atom stereocenters. The third-order valence-corrected chi connectivity index (χ3v) is 5.28. The van der Waals surface area contributed by atoms with Crippen LogP contribution in [0, 0.1) is 0 Å². The summed E-state index contributed by atoms with van der Waals surface area (Å²) in [6.45, 7) is 0.556. The van der Waals surface area contributed by atoms with E-state index >= 15 is 0 Å². The number of rotatable bonds is 3. The van der Waals surface area contributed by atoms with Gasteiger partial charge in [0.15, 0.2) is 5.03 Å². The monoisotopic (exact) mass is 277 g/mol. The molecule has 1 aliphatic rings. The van der Waals surface area contributed by atoms with Crippen molar-refractivity contribution in [2.45, 2.75) is 23.9 Å². The highest BCUT2D eigenvalue weighted by Crippen LogP contribution is 2.35. The molecule has 6 heteroatoms. The molecule has 1 N–H and O–H groups in total. The smallest absolute Gasteiger partial charge is 0.260 e. The minimum atomic E-state index is -3.48. The SMILES string of the molecule is O=S(=O)(c1cnc[nH]1)N1CCCC1c1ccccc1. The summed E-state index contributed by atoms with van der Waals surface area (Å²) < 4.78 is 26.6. The Bertz CT molecular complexity index is 638. The van der Waals surface area contributed by atoms with E-state index in [0.29, 0.717) is 6.54 Å². The lowest BCUT2D eigenvalue weighted by molar-refractivity contribution is 0.395. The predicted molar refractivity (Wildman–Crippen MR) is 70.9 cm³/mol. The van der Waals surface area contributed by atoms with Crippen LogP contribution in [0.25, 0.3) is 0 Å². The Balaban J connectivity index is 1.97. The molecule has 5 nitrogen and oxygen atoms in total. The molecule has 0 bridgehead atoms. The Morgan fingerprint density at radius 3 is 2.74 bits per heavy atom. The molecule has 0 aliphatic carbocycles. The minimum absolute atomic E-state index is 0.0745. The molecule has 100 valence electrons. The Morgan fingerprint density at radius 1 is 1.26 bits per heavy atom. The number of aromatic nitrogens is 2. The van der Waals surface area contributed by atoms with Gasteiger partial charge < -0.3 is 4.98 Å². The summed E-state index contributed by atoms with van der Waals surface area (Å²) in [5, 5.41) is 0.162. The van der Waals surface area contributed by atoms with Gasteiger partial charge in [0.2, 0.25) is 0 Å². The lowest BCUT2D eigenvalue weighted by Gasteiger charge is -2.23. The van der Waals surface area contributed by atoms with E-state index in [1.165, 1.54) is 12.5 Å². The molecular weight excluding hydrogens is 262 g/mol. The number of aromatic amines is 1. The first kappa shape index (κ1) is 12.4. The van der Waals surface area contributed by atoms with Gasteiger partial charge in [-0.3, -0.25) is 0 Å². The number of sulfonamides is 1. The number of hydrogen-bond acceptors (Lipinski definition) is 3. The van der Waals surface area contributed by atoms with Gasteiger partial charge in [0, 0.05) is 6.54 Å². The van der Waals surface area contributed by atoms with E-state index in [2.05, 4.69) is 9.97 Å². The fourth-order valence-electron chi connectivity index (χ4n) is 2.55. The fourth-order valence-corrected chi connectivity index (χ4v) is 4.13. The van der Waals surface area contributed by atoms with E-state index in [1.807, 2.05) is 30.3 Å². The Kier molecular flexibility index (Phi) is 3.12. The van der Waals surface area contributed by atoms with Crippen molar-refractivity contribution in [3.05, 3.63) is 48.4 Å². The maximum Gasteiger partial charge on any atom is 0.260 e. The van der Waals surface area contributed by atoms with E-state index in [0.717, 1.165) is 18.4 Å². The third kappa shape index (κ3) is 2.17. The van der Waals surface area contributed by atoms with Gasteiger partial charge in [0.05, 0.1) is 18.6 Å². The molecule has 0 saturated carbocycles. The van der Waals surface area contributed by atoms with Crippen LogP contribution < -0.4 is 0 Å². The molecule has 0 radical (unpaired) electrons. The second-order valence-corrected chi connectivity index (χ2v) is 6.46. The molecule has 2 heterocycles. The Labute approximate surface area is 112 Å². The van der Waals surface area contributed by atoms with Crippen LogP contribution in [0.3, 0.4) is 0 Å². The second kappa shape index (κ2) is 4.79. The van der Waals surface area contributed by atoms with E-state index in [1.54, 1.807) is 4.31 Å². The van der Waals surface area contributed by atoms with Crippen molar-refractivity contribution in [1.29, 1.82) is 0 Å². The van der Waals surface area contributed by atoms with E-state index in [-0.39, 0.29) is 11.1 Å². The molecule has 2 aromatic rings. The van der Waals surface area contributed by atoms with Crippen molar-refractivity contribution < 1.29 is 8.42 Å². The number of benzene rings is 1. The van der Waals surface area contributed by atoms with Crippen LogP contribution in [0.15, 0.2) is 47.9 Å². The molecule has 1 unspecified atom stereocenters. The minimum Gasteiger partial charge on any atom is -0.335 e. The van der Waals surface area contributed by atoms with Crippen LogP contribution in [-0.4, -0.2) is 29.2 Å². The van der Waals surface area contributed by atoms with Gasteiger partial charge in [-0.05, 0) is 18.4 Å². The normalized spacial score (nSPS) is 20.7. The van der Waals surface area contributed by atoms with Crippen molar-refractivity contribution >= 4 is 10.0 Å². The molecule has 0 amide bonds. The van der Waals surface area contributed by atoms with Crippen LogP contribution in [0.2, 0.25) is 0 Å². The zero-order valence-electron chi connectivity index (χ0n) is 10.4. The number of nitrogens with zero attached hydrogens (tertiary/aromatic N) is 2. The largest absolute Gasteiger partial charge is 0.335 e. The van der Waals surface area contributed by atoms with Crippen molar-refractivity contribution in [2.75, 3.05) is 6.54 Å². The van der Waals surface area contributed by atoms with Crippen LogP contribution in [-0.2, 0) is 10.0 Å². The van der Waals surface area contributed by atoms with Gasteiger partial charge in [-0.15, -0.1) is 0 Å². The first-order valence-corrected chi connectivity index (χ1v) is 7.69. The first-order valence-electron chi connectivity index (χ1n) is 6.25. The Hall–Kier alpha value is -1.66. The average Bonchev–Trinajstić information content (AvgIpc) is 3.11. The Morgan fingerprint density at radius 2 is 2.05 bits per heavy atom. The lowest BCUT2D eigenvalue weighted by atomic mass is 10.1. The summed E-state index contributed by atoms with van der Waals surface area (Å²) in [4.78, 5) is 6.48. The molecule has 19 heavy (non-hydrogen) atoms. The van der Waals surface area contributed by atoms with Gasteiger partial charge in [0.25, 0.3) is 10.0 Å². The third-order valence-electron chi connectivity index (χ3n) is 3.45. The van der Waals surface area contributed by atoms with Crippen LogP contribution in [0.1, 0.15) is 24.4 Å².